The molecule has 2 amide bonds. The zero-order valence-electron chi connectivity index (χ0n) is 15.2. The monoisotopic (exact) mass is 442 g/mol. The predicted octanol–water partition coefficient (Wildman–Crippen LogP) is 4.30. The molecular weight excluding hydrogens is 424 g/mol. The van der Waals surface area contributed by atoms with Gasteiger partial charge in [0.2, 0.25) is 0 Å². The molecule has 0 fully saturated rings. The fourth-order valence-corrected chi connectivity index (χ4v) is 3.01. The topological polar surface area (TPSA) is 80.6 Å². The van der Waals surface area contributed by atoms with E-state index in [9.17, 15) is 9.59 Å². The van der Waals surface area contributed by atoms with E-state index >= 15 is 0 Å². The molecule has 1 heterocycles. The lowest BCUT2D eigenvalue weighted by Gasteiger charge is -2.11. The summed E-state index contributed by atoms with van der Waals surface area (Å²) in [6.45, 7) is 2.07. The largest absolute Gasteiger partial charge is 0.483 e. The van der Waals surface area contributed by atoms with Crippen LogP contribution in [0.2, 0.25) is 0 Å². The number of nitrogens with one attached hydrogen (secondary N) is 2. The van der Waals surface area contributed by atoms with Gasteiger partial charge in [-0.1, -0.05) is 22.0 Å². The summed E-state index contributed by atoms with van der Waals surface area (Å²) < 4.78 is 11.7. The average molecular weight is 443 g/mol. The first-order chi connectivity index (χ1) is 13.5. The lowest BCUT2D eigenvalue weighted by Crippen LogP contribution is -2.23. The lowest BCUT2D eigenvalue weighted by atomic mass is 10.2. The molecule has 7 heteroatoms. The molecule has 0 aliphatic heterocycles. The van der Waals surface area contributed by atoms with Crippen molar-refractivity contribution < 1.29 is 18.7 Å². The third kappa shape index (κ3) is 5.47. The summed E-state index contributed by atoms with van der Waals surface area (Å²) in [4.78, 5) is 24.4. The molecule has 0 spiro atoms. The first-order valence-electron chi connectivity index (χ1n) is 8.61. The van der Waals surface area contributed by atoms with Gasteiger partial charge >= 0.3 is 0 Å². The summed E-state index contributed by atoms with van der Waals surface area (Å²) in [6.07, 6.45) is 1.55. The van der Waals surface area contributed by atoms with Crippen LogP contribution < -0.4 is 15.4 Å². The van der Waals surface area contributed by atoms with Crippen molar-refractivity contribution in [1.29, 1.82) is 0 Å². The number of anilines is 1. The van der Waals surface area contributed by atoms with Crippen molar-refractivity contribution in [3.8, 4) is 5.75 Å². The SMILES string of the molecule is Cc1cc(Br)ccc1OCC(=O)Nc1cccc(C(=O)NCc2ccco2)c1. The summed E-state index contributed by atoms with van der Waals surface area (Å²) >= 11 is 3.39. The van der Waals surface area contributed by atoms with Gasteiger partial charge in [-0.2, -0.15) is 0 Å². The Morgan fingerprint density at radius 1 is 1.11 bits per heavy atom. The third-order valence-electron chi connectivity index (χ3n) is 3.91. The smallest absolute Gasteiger partial charge is 0.262 e. The highest BCUT2D eigenvalue weighted by Gasteiger charge is 2.10. The van der Waals surface area contributed by atoms with E-state index in [4.69, 9.17) is 9.15 Å². The maximum Gasteiger partial charge on any atom is 0.262 e. The van der Waals surface area contributed by atoms with Crippen molar-refractivity contribution in [3.05, 3.63) is 82.2 Å². The number of carbonyl (C=O) groups is 2. The van der Waals surface area contributed by atoms with Crippen molar-refractivity contribution in [2.24, 2.45) is 0 Å². The molecule has 0 unspecified atom stereocenters. The van der Waals surface area contributed by atoms with Crippen LogP contribution in [0, 0.1) is 6.92 Å². The molecule has 2 aromatic carbocycles. The molecule has 0 saturated heterocycles. The van der Waals surface area contributed by atoms with Gasteiger partial charge in [0, 0.05) is 15.7 Å². The molecule has 2 N–H and O–H groups in total. The van der Waals surface area contributed by atoms with Gasteiger partial charge < -0.3 is 19.8 Å². The van der Waals surface area contributed by atoms with Crippen LogP contribution >= 0.6 is 15.9 Å². The van der Waals surface area contributed by atoms with Gasteiger partial charge in [0.15, 0.2) is 6.61 Å². The van der Waals surface area contributed by atoms with Gasteiger partial charge in [-0.15, -0.1) is 0 Å². The molecule has 0 saturated carbocycles. The Hall–Kier alpha value is -3.06. The minimum Gasteiger partial charge on any atom is -0.483 e. The molecule has 0 atom stereocenters. The molecular formula is C21H19BrN2O4. The molecule has 0 aliphatic carbocycles. The molecule has 0 aliphatic rings. The first kappa shape index (κ1) is 19.7. The van der Waals surface area contributed by atoms with E-state index in [0.29, 0.717) is 29.3 Å². The molecule has 3 aromatic rings. The number of benzene rings is 2. The molecule has 144 valence electrons. The van der Waals surface area contributed by atoms with E-state index in [1.807, 2.05) is 19.1 Å². The number of hydrogen-bond acceptors (Lipinski definition) is 4. The Labute approximate surface area is 171 Å². The first-order valence-corrected chi connectivity index (χ1v) is 9.40. The van der Waals surface area contributed by atoms with Crippen LogP contribution in [0.5, 0.6) is 5.75 Å². The van der Waals surface area contributed by atoms with Crippen molar-refractivity contribution in [1.82, 2.24) is 5.32 Å². The quantitative estimate of drug-likeness (QED) is 0.571. The number of carbonyl (C=O) groups excluding carboxylic acids is 2. The Morgan fingerprint density at radius 3 is 2.71 bits per heavy atom. The van der Waals surface area contributed by atoms with Crippen LogP contribution in [0.15, 0.2) is 69.8 Å². The fraction of sp³-hybridized carbons (Fsp3) is 0.143. The minimum atomic E-state index is -0.310. The second kappa shape index (κ2) is 9.23. The number of ether oxygens (including phenoxy) is 1. The number of hydrogen-bond donors (Lipinski definition) is 2. The van der Waals surface area contributed by atoms with Gasteiger partial charge in [-0.3, -0.25) is 9.59 Å². The van der Waals surface area contributed by atoms with Crippen molar-refractivity contribution in [2.45, 2.75) is 13.5 Å². The molecule has 0 radical (unpaired) electrons. The fourth-order valence-electron chi connectivity index (χ4n) is 2.54. The third-order valence-corrected chi connectivity index (χ3v) is 4.40. The minimum absolute atomic E-state index is 0.128. The highest BCUT2D eigenvalue weighted by atomic mass is 79.9. The summed E-state index contributed by atoms with van der Waals surface area (Å²) in [7, 11) is 0. The number of halogens is 1. The molecule has 0 bridgehead atoms. The molecule has 1 aromatic heterocycles. The van der Waals surface area contributed by atoms with E-state index in [1.165, 1.54) is 0 Å². The van der Waals surface area contributed by atoms with E-state index in [0.717, 1.165) is 10.0 Å². The maximum atomic E-state index is 12.3. The van der Waals surface area contributed by atoms with Gasteiger partial charge in [-0.05, 0) is 61.0 Å². The van der Waals surface area contributed by atoms with Gasteiger partial charge in [0.25, 0.3) is 11.8 Å². The zero-order valence-corrected chi connectivity index (χ0v) is 16.8. The van der Waals surface area contributed by atoms with Crippen molar-refractivity contribution >= 4 is 33.4 Å². The van der Waals surface area contributed by atoms with Crippen LogP contribution in [0.1, 0.15) is 21.7 Å². The van der Waals surface area contributed by atoms with Crippen LogP contribution in [-0.2, 0) is 11.3 Å². The standard InChI is InChI=1S/C21H19BrN2O4/c1-14-10-16(22)7-8-19(14)28-13-20(25)24-17-5-2-4-15(11-17)21(26)23-12-18-6-3-9-27-18/h2-11H,12-13H2,1H3,(H,23,26)(H,24,25). The molecule has 6 nitrogen and oxygen atoms in total. The van der Waals surface area contributed by atoms with Crippen LogP contribution in [0.3, 0.4) is 0 Å². The number of furan rings is 1. The molecule has 28 heavy (non-hydrogen) atoms. The Bertz CT molecular complexity index is 970. The van der Waals surface area contributed by atoms with Gasteiger partial charge in [-0.25, -0.2) is 0 Å². The summed E-state index contributed by atoms with van der Waals surface area (Å²) in [5.74, 6) is 0.743. The molecule has 3 rings (SSSR count). The van der Waals surface area contributed by atoms with Crippen molar-refractivity contribution in [3.63, 3.8) is 0 Å². The number of rotatable bonds is 7. The van der Waals surface area contributed by atoms with Gasteiger partial charge in [0.1, 0.15) is 11.5 Å². The average Bonchev–Trinajstić information content (AvgIpc) is 3.19. The normalized spacial score (nSPS) is 10.4. The Kier molecular flexibility index (Phi) is 6.49. The highest BCUT2D eigenvalue weighted by Crippen LogP contribution is 2.22. The van der Waals surface area contributed by atoms with Crippen molar-refractivity contribution in [2.75, 3.05) is 11.9 Å². The summed E-state index contributed by atoms with van der Waals surface area (Å²) in [5.41, 5.74) is 1.89. The summed E-state index contributed by atoms with van der Waals surface area (Å²) in [5, 5.41) is 5.50. The summed E-state index contributed by atoms with van der Waals surface area (Å²) in [6, 6.07) is 15.8. The van der Waals surface area contributed by atoms with Crippen LogP contribution in [-0.4, -0.2) is 18.4 Å². The van der Waals surface area contributed by atoms with Crippen LogP contribution in [0.25, 0.3) is 0 Å². The highest BCUT2D eigenvalue weighted by molar-refractivity contribution is 9.10. The maximum absolute atomic E-state index is 12.3. The van der Waals surface area contributed by atoms with Crippen LogP contribution in [0.4, 0.5) is 5.69 Å². The van der Waals surface area contributed by atoms with E-state index in [2.05, 4.69) is 26.6 Å². The Morgan fingerprint density at radius 2 is 1.96 bits per heavy atom. The number of amides is 2. The van der Waals surface area contributed by atoms with Gasteiger partial charge in [0.05, 0.1) is 12.8 Å². The second-order valence-corrected chi connectivity index (χ2v) is 7.01. The van der Waals surface area contributed by atoms with E-state index in [1.54, 1.807) is 48.7 Å². The van der Waals surface area contributed by atoms with E-state index < -0.39 is 0 Å². The lowest BCUT2D eigenvalue weighted by molar-refractivity contribution is -0.118. The number of aryl methyl sites for hydroxylation is 1. The zero-order chi connectivity index (χ0) is 19.9. The predicted molar refractivity (Wildman–Crippen MR) is 109 cm³/mol. The Balaban J connectivity index is 1.54. The van der Waals surface area contributed by atoms with E-state index in [-0.39, 0.29) is 18.4 Å². The second-order valence-electron chi connectivity index (χ2n) is 6.09.